The molecule has 0 saturated carbocycles. The van der Waals surface area contributed by atoms with Crippen LogP contribution in [0.1, 0.15) is 12.5 Å². The number of methoxy groups -OCH3 is 1. The first-order chi connectivity index (χ1) is 13.3. The van der Waals surface area contributed by atoms with E-state index in [9.17, 15) is 0 Å². The fourth-order valence-electron chi connectivity index (χ4n) is 2.75. The van der Waals surface area contributed by atoms with E-state index < -0.39 is 0 Å². The predicted molar refractivity (Wildman–Crippen MR) is 108 cm³/mol. The quantitative estimate of drug-likeness (QED) is 0.591. The summed E-state index contributed by atoms with van der Waals surface area (Å²) >= 11 is 0. The van der Waals surface area contributed by atoms with E-state index in [0.29, 0.717) is 12.4 Å². The smallest absolute Gasteiger partial charge is 0.142 e. The average molecular weight is 364 g/mol. The molecule has 0 aliphatic carbocycles. The van der Waals surface area contributed by atoms with Crippen LogP contribution < -0.4 is 20.1 Å². The van der Waals surface area contributed by atoms with Crippen molar-refractivity contribution in [1.29, 1.82) is 0 Å². The van der Waals surface area contributed by atoms with Gasteiger partial charge < -0.3 is 20.1 Å². The van der Waals surface area contributed by atoms with Crippen molar-refractivity contribution < 1.29 is 9.47 Å². The van der Waals surface area contributed by atoms with Crippen LogP contribution >= 0.6 is 0 Å². The van der Waals surface area contributed by atoms with Crippen LogP contribution in [-0.2, 0) is 6.42 Å². The first-order valence-electron chi connectivity index (χ1n) is 8.97. The number of hydrogen-bond acceptors (Lipinski definition) is 6. The highest BCUT2D eigenvalue weighted by Gasteiger charge is 2.06. The SMILES string of the molecule is CCOc1ccccc1Nc1cc(NCCc2ccccc2OC)ncn1. The van der Waals surface area contributed by atoms with Gasteiger partial charge in [0.15, 0.2) is 0 Å². The highest BCUT2D eigenvalue weighted by Crippen LogP contribution is 2.27. The summed E-state index contributed by atoms with van der Waals surface area (Å²) in [5.74, 6) is 3.16. The lowest BCUT2D eigenvalue weighted by Crippen LogP contribution is -2.08. The number of para-hydroxylation sites is 3. The number of aromatic nitrogens is 2. The van der Waals surface area contributed by atoms with Gasteiger partial charge in [0, 0.05) is 12.6 Å². The fourth-order valence-corrected chi connectivity index (χ4v) is 2.75. The molecule has 27 heavy (non-hydrogen) atoms. The molecule has 6 heteroatoms. The van der Waals surface area contributed by atoms with Crippen LogP contribution in [0.25, 0.3) is 0 Å². The van der Waals surface area contributed by atoms with Crippen LogP contribution in [0.4, 0.5) is 17.3 Å². The van der Waals surface area contributed by atoms with E-state index in [4.69, 9.17) is 9.47 Å². The van der Waals surface area contributed by atoms with Crippen molar-refractivity contribution in [2.75, 3.05) is 30.9 Å². The van der Waals surface area contributed by atoms with Crippen molar-refractivity contribution in [2.24, 2.45) is 0 Å². The standard InChI is InChI=1S/C21H24N4O2/c1-3-27-19-11-7-5-9-17(19)25-21-14-20(23-15-24-21)22-13-12-16-8-4-6-10-18(16)26-2/h4-11,14-15H,3,12-13H2,1-2H3,(H2,22,23,24,25). The molecule has 3 aromatic rings. The molecule has 0 fully saturated rings. The Balaban J connectivity index is 1.62. The third-order valence-corrected chi connectivity index (χ3v) is 4.01. The van der Waals surface area contributed by atoms with Gasteiger partial charge >= 0.3 is 0 Å². The molecule has 2 N–H and O–H groups in total. The maximum absolute atomic E-state index is 5.64. The van der Waals surface area contributed by atoms with Gasteiger partial charge in [-0.2, -0.15) is 0 Å². The molecule has 0 radical (unpaired) electrons. The maximum atomic E-state index is 5.64. The first-order valence-corrected chi connectivity index (χ1v) is 8.97. The van der Waals surface area contributed by atoms with Crippen molar-refractivity contribution in [2.45, 2.75) is 13.3 Å². The Morgan fingerprint density at radius 3 is 2.48 bits per heavy atom. The summed E-state index contributed by atoms with van der Waals surface area (Å²) in [6.45, 7) is 3.32. The van der Waals surface area contributed by atoms with Gasteiger partial charge in [-0.25, -0.2) is 9.97 Å². The summed E-state index contributed by atoms with van der Waals surface area (Å²) in [5, 5.41) is 6.62. The topological polar surface area (TPSA) is 68.3 Å². The molecule has 1 heterocycles. The average Bonchev–Trinajstić information content (AvgIpc) is 2.70. The lowest BCUT2D eigenvalue weighted by molar-refractivity contribution is 0.342. The molecule has 3 rings (SSSR count). The maximum Gasteiger partial charge on any atom is 0.142 e. The third-order valence-electron chi connectivity index (χ3n) is 4.01. The predicted octanol–water partition coefficient (Wildman–Crippen LogP) is 4.28. The number of benzene rings is 2. The zero-order chi connectivity index (χ0) is 18.9. The molecule has 1 aromatic heterocycles. The van der Waals surface area contributed by atoms with E-state index >= 15 is 0 Å². The van der Waals surface area contributed by atoms with E-state index in [1.54, 1.807) is 7.11 Å². The fraction of sp³-hybridized carbons (Fsp3) is 0.238. The molecule has 6 nitrogen and oxygen atoms in total. The molecule has 0 aliphatic heterocycles. The molecule has 2 aromatic carbocycles. The minimum Gasteiger partial charge on any atom is -0.496 e. The Labute approximate surface area is 159 Å². The third kappa shape index (κ3) is 5.10. The van der Waals surface area contributed by atoms with Crippen LogP contribution in [-0.4, -0.2) is 30.2 Å². The number of rotatable bonds is 9. The number of nitrogens with zero attached hydrogens (tertiary/aromatic N) is 2. The van der Waals surface area contributed by atoms with Gasteiger partial charge in [-0.15, -0.1) is 0 Å². The van der Waals surface area contributed by atoms with Crippen molar-refractivity contribution in [3.8, 4) is 11.5 Å². The lowest BCUT2D eigenvalue weighted by Gasteiger charge is -2.13. The van der Waals surface area contributed by atoms with Crippen molar-refractivity contribution in [3.63, 3.8) is 0 Å². The molecule has 0 spiro atoms. The van der Waals surface area contributed by atoms with Gasteiger partial charge in [0.1, 0.15) is 29.5 Å². The molecule has 0 amide bonds. The van der Waals surface area contributed by atoms with Crippen molar-refractivity contribution >= 4 is 17.3 Å². The molecule has 0 atom stereocenters. The van der Waals surface area contributed by atoms with Gasteiger partial charge in [0.2, 0.25) is 0 Å². The van der Waals surface area contributed by atoms with Gasteiger partial charge in [0.05, 0.1) is 19.4 Å². The van der Waals surface area contributed by atoms with E-state index in [0.717, 1.165) is 41.5 Å². The molecule has 0 saturated heterocycles. The number of nitrogens with one attached hydrogen (secondary N) is 2. The molecule has 0 bridgehead atoms. The van der Waals surface area contributed by atoms with Crippen LogP contribution in [0.2, 0.25) is 0 Å². The van der Waals surface area contributed by atoms with E-state index in [2.05, 4.69) is 26.7 Å². The monoisotopic (exact) mass is 364 g/mol. The minimum absolute atomic E-state index is 0.609. The molecular weight excluding hydrogens is 340 g/mol. The van der Waals surface area contributed by atoms with Gasteiger partial charge in [-0.3, -0.25) is 0 Å². The van der Waals surface area contributed by atoms with Gasteiger partial charge in [-0.1, -0.05) is 30.3 Å². The van der Waals surface area contributed by atoms with Crippen molar-refractivity contribution in [1.82, 2.24) is 9.97 Å². The summed E-state index contributed by atoms with van der Waals surface area (Å²) in [5.41, 5.74) is 2.03. The highest BCUT2D eigenvalue weighted by atomic mass is 16.5. The summed E-state index contributed by atoms with van der Waals surface area (Å²) < 4.78 is 11.0. The molecule has 0 unspecified atom stereocenters. The summed E-state index contributed by atoms with van der Waals surface area (Å²) in [7, 11) is 1.69. The summed E-state index contributed by atoms with van der Waals surface area (Å²) in [6, 6.07) is 17.7. The second-order valence-electron chi connectivity index (χ2n) is 5.83. The normalized spacial score (nSPS) is 10.3. The highest BCUT2D eigenvalue weighted by molar-refractivity contribution is 5.65. The zero-order valence-electron chi connectivity index (χ0n) is 15.6. The number of ether oxygens (including phenoxy) is 2. The molecular formula is C21H24N4O2. The second kappa shape index (κ2) is 9.43. The Kier molecular flexibility index (Phi) is 6.46. The first kappa shape index (κ1) is 18.5. The van der Waals surface area contributed by atoms with Gasteiger partial charge in [-0.05, 0) is 37.1 Å². The minimum atomic E-state index is 0.609. The summed E-state index contributed by atoms with van der Waals surface area (Å²) in [4.78, 5) is 8.58. The van der Waals surface area contributed by atoms with E-state index in [1.807, 2.05) is 55.5 Å². The summed E-state index contributed by atoms with van der Waals surface area (Å²) in [6.07, 6.45) is 2.38. The molecule has 140 valence electrons. The van der Waals surface area contributed by atoms with E-state index in [-0.39, 0.29) is 0 Å². The number of hydrogen-bond donors (Lipinski definition) is 2. The number of anilines is 3. The Bertz CT molecular complexity index is 870. The Hall–Kier alpha value is -3.28. The van der Waals surface area contributed by atoms with Crippen LogP contribution in [0, 0.1) is 0 Å². The van der Waals surface area contributed by atoms with Gasteiger partial charge in [0.25, 0.3) is 0 Å². The van der Waals surface area contributed by atoms with Crippen LogP contribution in [0.15, 0.2) is 60.9 Å². The Morgan fingerprint density at radius 1 is 0.926 bits per heavy atom. The lowest BCUT2D eigenvalue weighted by atomic mass is 10.1. The van der Waals surface area contributed by atoms with Crippen molar-refractivity contribution in [3.05, 3.63) is 66.5 Å². The van der Waals surface area contributed by atoms with Crippen LogP contribution in [0.5, 0.6) is 11.5 Å². The second-order valence-corrected chi connectivity index (χ2v) is 5.83. The Morgan fingerprint density at radius 2 is 1.67 bits per heavy atom. The van der Waals surface area contributed by atoms with Crippen LogP contribution in [0.3, 0.4) is 0 Å². The molecule has 0 aliphatic rings. The zero-order valence-corrected chi connectivity index (χ0v) is 15.6. The van der Waals surface area contributed by atoms with E-state index in [1.165, 1.54) is 6.33 Å². The largest absolute Gasteiger partial charge is 0.496 e.